The van der Waals surface area contributed by atoms with E-state index >= 15 is 0 Å². The van der Waals surface area contributed by atoms with E-state index in [1.54, 1.807) is 26.0 Å². The third-order valence-electron chi connectivity index (χ3n) is 3.36. The second-order valence-corrected chi connectivity index (χ2v) is 6.72. The van der Waals surface area contributed by atoms with Gasteiger partial charge in [-0.2, -0.15) is 5.10 Å². The summed E-state index contributed by atoms with van der Waals surface area (Å²) >= 11 is 2.11. The van der Waals surface area contributed by atoms with Gasteiger partial charge in [-0.1, -0.05) is 6.07 Å². The van der Waals surface area contributed by atoms with Crippen LogP contribution in [0, 0.1) is 27.5 Å². The van der Waals surface area contributed by atoms with Gasteiger partial charge in [0.05, 0.1) is 11.1 Å². The topological polar surface area (TPSA) is 114 Å². The molecule has 2 rings (SSSR count). The van der Waals surface area contributed by atoms with E-state index in [2.05, 4.69) is 33.1 Å². The van der Waals surface area contributed by atoms with Crippen LogP contribution in [0.4, 0.5) is 5.69 Å². The van der Waals surface area contributed by atoms with Gasteiger partial charge in [-0.25, -0.2) is 5.43 Å². The maximum absolute atomic E-state index is 11.8. The number of hydrazone groups is 1. The standard InChI is InChI=1S/C17H16IN3O5/c1-10-3-4-15(14(5-10)21(24)25)26-9-16(22)20-19-8-12-7-13(18)6-11(2)17(12)23/h3-8,23H,9H2,1-2H3,(H,20,22). The van der Waals surface area contributed by atoms with Crippen LogP contribution in [0.3, 0.4) is 0 Å². The number of halogens is 1. The minimum absolute atomic E-state index is 0.00520. The number of nitro groups is 1. The van der Waals surface area contributed by atoms with Crippen LogP contribution >= 0.6 is 22.6 Å². The van der Waals surface area contributed by atoms with Crippen LogP contribution in [-0.4, -0.2) is 28.8 Å². The molecule has 26 heavy (non-hydrogen) atoms. The molecule has 2 aromatic rings. The first kappa shape index (κ1) is 19.6. The summed E-state index contributed by atoms with van der Waals surface area (Å²) in [5.41, 5.74) is 3.91. The number of nitrogens with zero attached hydrogens (tertiary/aromatic N) is 2. The van der Waals surface area contributed by atoms with Crippen LogP contribution in [0.1, 0.15) is 16.7 Å². The van der Waals surface area contributed by atoms with E-state index in [9.17, 15) is 20.0 Å². The van der Waals surface area contributed by atoms with E-state index in [0.717, 1.165) is 3.57 Å². The molecule has 0 heterocycles. The van der Waals surface area contributed by atoms with Gasteiger partial charge in [-0.3, -0.25) is 14.9 Å². The van der Waals surface area contributed by atoms with Gasteiger partial charge in [0.25, 0.3) is 5.91 Å². The van der Waals surface area contributed by atoms with E-state index in [1.807, 2.05) is 6.07 Å². The highest BCUT2D eigenvalue weighted by molar-refractivity contribution is 14.1. The van der Waals surface area contributed by atoms with Crippen LogP contribution < -0.4 is 10.2 Å². The predicted octanol–water partition coefficient (Wildman–Crippen LogP) is 3.05. The molecule has 8 nitrogen and oxygen atoms in total. The first-order chi connectivity index (χ1) is 12.3. The van der Waals surface area contributed by atoms with Crippen molar-refractivity contribution in [2.75, 3.05) is 6.61 Å². The van der Waals surface area contributed by atoms with Gasteiger partial charge in [0.15, 0.2) is 12.4 Å². The summed E-state index contributed by atoms with van der Waals surface area (Å²) in [6.45, 7) is 3.05. The number of ether oxygens (including phenoxy) is 1. The summed E-state index contributed by atoms with van der Waals surface area (Å²) in [5, 5.41) is 24.7. The number of aromatic hydroxyl groups is 1. The lowest BCUT2D eigenvalue weighted by atomic mass is 10.1. The third-order valence-corrected chi connectivity index (χ3v) is 3.98. The van der Waals surface area contributed by atoms with E-state index in [4.69, 9.17) is 4.74 Å². The summed E-state index contributed by atoms with van der Waals surface area (Å²) in [7, 11) is 0. The molecule has 136 valence electrons. The van der Waals surface area contributed by atoms with Gasteiger partial charge in [-0.05, 0) is 65.8 Å². The molecule has 1 amide bonds. The molecule has 0 bridgehead atoms. The number of benzene rings is 2. The first-order valence-corrected chi connectivity index (χ1v) is 8.54. The lowest BCUT2D eigenvalue weighted by molar-refractivity contribution is -0.385. The van der Waals surface area contributed by atoms with Gasteiger partial charge < -0.3 is 9.84 Å². The van der Waals surface area contributed by atoms with Crippen molar-refractivity contribution in [1.29, 1.82) is 0 Å². The van der Waals surface area contributed by atoms with E-state index in [-0.39, 0.29) is 17.2 Å². The summed E-state index contributed by atoms with van der Waals surface area (Å²) in [4.78, 5) is 22.2. The minimum Gasteiger partial charge on any atom is -0.507 e. The van der Waals surface area contributed by atoms with Crippen molar-refractivity contribution in [2.45, 2.75) is 13.8 Å². The van der Waals surface area contributed by atoms with E-state index in [0.29, 0.717) is 16.7 Å². The number of carbonyl (C=O) groups excluding carboxylic acids is 1. The van der Waals surface area contributed by atoms with Crippen LogP contribution in [0.2, 0.25) is 0 Å². The number of hydrogen-bond acceptors (Lipinski definition) is 6. The molecule has 9 heteroatoms. The molecular weight excluding hydrogens is 453 g/mol. The van der Waals surface area contributed by atoms with Crippen molar-refractivity contribution in [1.82, 2.24) is 5.43 Å². The Balaban J connectivity index is 1.97. The smallest absolute Gasteiger partial charge is 0.311 e. The number of amides is 1. The highest BCUT2D eigenvalue weighted by Crippen LogP contribution is 2.27. The lowest BCUT2D eigenvalue weighted by Gasteiger charge is -2.06. The van der Waals surface area contributed by atoms with Gasteiger partial charge in [0.2, 0.25) is 0 Å². The fourth-order valence-corrected chi connectivity index (χ4v) is 2.90. The number of aryl methyl sites for hydroxylation is 2. The van der Waals surface area contributed by atoms with E-state index < -0.39 is 17.4 Å². The van der Waals surface area contributed by atoms with E-state index in [1.165, 1.54) is 18.3 Å². The van der Waals surface area contributed by atoms with Crippen molar-refractivity contribution in [2.24, 2.45) is 5.10 Å². The average molecular weight is 469 g/mol. The molecule has 0 aliphatic rings. The molecule has 0 fully saturated rings. The number of phenols is 1. The number of rotatable bonds is 6. The normalized spacial score (nSPS) is 10.7. The number of phenolic OH excluding ortho intramolecular Hbond substituents is 1. The molecule has 0 saturated carbocycles. The third kappa shape index (κ3) is 5.15. The Kier molecular flexibility index (Phi) is 6.50. The zero-order valence-corrected chi connectivity index (χ0v) is 16.2. The minimum atomic E-state index is -0.585. The molecule has 0 saturated heterocycles. The zero-order valence-electron chi connectivity index (χ0n) is 14.0. The van der Waals surface area contributed by atoms with Crippen LogP contribution in [0.5, 0.6) is 11.5 Å². The van der Waals surface area contributed by atoms with Crippen LogP contribution in [0.25, 0.3) is 0 Å². The summed E-state index contributed by atoms with van der Waals surface area (Å²) in [6.07, 6.45) is 1.32. The van der Waals surface area contributed by atoms with Crippen molar-refractivity contribution < 1.29 is 19.6 Å². The van der Waals surface area contributed by atoms with Gasteiger partial charge in [0.1, 0.15) is 5.75 Å². The Hall–Kier alpha value is -2.69. The van der Waals surface area contributed by atoms with Gasteiger partial charge in [-0.15, -0.1) is 0 Å². The molecule has 0 atom stereocenters. The molecule has 0 radical (unpaired) electrons. The Morgan fingerprint density at radius 2 is 2.12 bits per heavy atom. The highest BCUT2D eigenvalue weighted by atomic mass is 127. The first-order valence-electron chi connectivity index (χ1n) is 7.47. The molecule has 0 aliphatic carbocycles. The van der Waals surface area contributed by atoms with Crippen molar-refractivity contribution >= 4 is 40.4 Å². The largest absolute Gasteiger partial charge is 0.507 e. The van der Waals surface area contributed by atoms with Crippen molar-refractivity contribution in [3.05, 3.63) is 60.7 Å². The van der Waals surface area contributed by atoms with Crippen molar-refractivity contribution in [3.63, 3.8) is 0 Å². The maximum Gasteiger partial charge on any atom is 0.311 e. The highest BCUT2D eigenvalue weighted by Gasteiger charge is 2.16. The SMILES string of the molecule is Cc1ccc(OCC(=O)NN=Cc2cc(I)cc(C)c2O)c([N+](=O)[O-])c1. The molecule has 0 aliphatic heterocycles. The molecule has 0 aromatic heterocycles. The van der Waals surface area contributed by atoms with Gasteiger partial charge >= 0.3 is 5.69 Å². The predicted molar refractivity (Wildman–Crippen MR) is 105 cm³/mol. The maximum atomic E-state index is 11.8. The Bertz CT molecular complexity index is 883. The molecule has 2 aromatic carbocycles. The Morgan fingerprint density at radius 3 is 2.81 bits per heavy atom. The second kappa shape index (κ2) is 8.61. The molecular formula is C17H16IN3O5. The van der Waals surface area contributed by atoms with Crippen molar-refractivity contribution in [3.8, 4) is 11.5 Å². The summed E-state index contributed by atoms with van der Waals surface area (Å²) in [5.74, 6) is -0.501. The number of carbonyl (C=O) groups is 1. The Morgan fingerprint density at radius 1 is 1.38 bits per heavy atom. The Labute approximate surface area is 163 Å². The lowest BCUT2D eigenvalue weighted by Crippen LogP contribution is -2.24. The molecule has 0 spiro atoms. The average Bonchev–Trinajstić information content (AvgIpc) is 2.57. The molecule has 2 N–H and O–H groups in total. The zero-order chi connectivity index (χ0) is 19.3. The summed E-state index contributed by atoms with van der Waals surface area (Å²) < 4.78 is 6.12. The fraction of sp³-hybridized carbons (Fsp3) is 0.176. The number of hydrogen-bond donors (Lipinski definition) is 2. The molecule has 0 unspecified atom stereocenters. The van der Waals surface area contributed by atoms with Crippen LogP contribution in [0.15, 0.2) is 35.4 Å². The monoisotopic (exact) mass is 469 g/mol. The van der Waals surface area contributed by atoms with Crippen LogP contribution in [-0.2, 0) is 4.79 Å². The second-order valence-electron chi connectivity index (χ2n) is 5.47. The number of nitrogens with one attached hydrogen (secondary N) is 1. The summed E-state index contributed by atoms with van der Waals surface area (Å²) in [6, 6.07) is 7.99. The fourth-order valence-electron chi connectivity index (χ4n) is 2.10. The van der Waals surface area contributed by atoms with Gasteiger partial charge in [0, 0.05) is 15.2 Å². The number of nitro benzene ring substituents is 1. The quantitative estimate of drug-likeness (QED) is 0.292.